The Kier molecular flexibility index (Phi) is 5.69. The number of para-hydroxylation sites is 1. The second-order valence-electron chi connectivity index (χ2n) is 4.80. The van der Waals surface area contributed by atoms with Gasteiger partial charge < -0.3 is 10.1 Å². The molecule has 1 N–H and O–H groups in total. The van der Waals surface area contributed by atoms with Crippen LogP contribution >= 0.6 is 0 Å². The van der Waals surface area contributed by atoms with Gasteiger partial charge in [-0.2, -0.15) is 0 Å². The first-order chi connectivity index (χ1) is 8.54. The summed E-state index contributed by atoms with van der Waals surface area (Å²) in [5, 5.41) is 3.38. The fourth-order valence-electron chi connectivity index (χ4n) is 1.92. The number of benzene rings is 1. The zero-order chi connectivity index (χ0) is 13.5. The highest BCUT2D eigenvalue weighted by molar-refractivity contribution is 5.70. The van der Waals surface area contributed by atoms with Gasteiger partial charge in [-0.15, -0.1) is 0 Å². The first-order valence-corrected chi connectivity index (χ1v) is 6.55. The topological polar surface area (TPSA) is 38.3 Å². The Bertz CT molecular complexity index is 388. The number of esters is 1. The second-order valence-corrected chi connectivity index (χ2v) is 4.80. The van der Waals surface area contributed by atoms with Crippen LogP contribution in [0.1, 0.15) is 45.6 Å². The molecule has 1 atom stereocenters. The van der Waals surface area contributed by atoms with Gasteiger partial charge in [-0.3, -0.25) is 4.79 Å². The van der Waals surface area contributed by atoms with Crippen molar-refractivity contribution in [2.75, 3.05) is 11.9 Å². The van der Waals surface area contributed by atoms with Crippen LogP contribution < -0.4 is 5.32 Å². The molecular weight excluding hydrogens is 226 g/mol. The molecule has 0 spiro atoms. The van der Waals surface area contributed by atoms with Crippen molar-refractivity contribution in [2.24, 2.45) is 0 Å². The van der Waals surface area contributed by atoms with Crippen molar-refractivity contribution in [1.82, 2.24) is 0 Å². The standard InChI is InChI=1S/C15H23NO2/c1-5-18-15(17)10-12(4)16-14-9-7-6-8-13(14)11(2)3/h6-9,11-12,16H,5,10H2,1-4H3. The van der Waals surface area contributed by atoms with E-state index >= 15 is 0 Å². The van der Waals surface area contributed by atoms with Gasteiger partial charge in [0.05, 0.1) is 13.0 Å². The zero-order valence-electron chi connectivity index (χ0n) is 11.7. The van der Waals surface area contributed by atoms with Crippen LogP contribution in [0.4, 0.5) is 5.69 Å². The Balaban J connectivity index is 2.64. The predicted molar refractivity (Wildman–Crippen MR) is 74.9 cm³/mol. The van der Waals surface area contributed by atoms with Gasteiger partial charge in [-0.1, -0.05) is 32.0 Å². The van der Waals surface area contributed by atoms with E-state index in [2.05, 4.69) is 31.3 Å². The van der Waals surface area contributed by atoms with Crippen molar-refractivity contribution < 1.29 is 9.53 Å². The lowest BCUT2D eigenvalue weighted by Gasteiger charge is -2.19. The second kappa shape index (κ2) is 7.04. The summed E-state index contributed by atoms with van der Waals surface area (Å²) in [5.74, 6) is 0.308. The van der Waals surface area contributed by atoms with E-state index in [-0.39, 0.29) is 12.0 Å². The van der Waals surface area contributed by atoms with E-state index in [4.69, 9.17) is 4.74 Å². The third-order valence-corrected chi connectivity index (χ3v) is 2.76. The highest BCUT2D eigenvalue weighted by atomic mass is 16.5. The largest absolute Gasteiger partial charge is 0.466 e. The van der Waals surface area contributed by atoms with Gasteiger partial charge >= 0.3 is 5.97 Å². The molecule has 0 saturated heterocycles. The summed E-state index contributed by atoms with van der Waals surface area (Å²) < 4.78 is 4.95. The molecule has 0 bridgehead atoms. The van der Waals surface area contributed by atoms with Crippen molar-refractivity contribution in [2.45, 2.75) is 46.1 Å². The van der Waals surface area contributed by atoms with Gasteiger partial charge in [0.2, 0.25) is 0 Å². The Morgan fingerprint density at radius 2 is 1.94 bits per heavy atom. The van der Waals surface area contributed by atoms with E-state index in [1.807, 2.05) is 26.0 Å². The van der Waals surface area contributed by atoms with E-state index in [0.717, 1.165) is 5.69 Å². The summed E-state index contributed by atoms with van der Waals surface area (Å²) in [4.78, 5) is 11.4. The zero-order valence-corrected chi connectivity index (χ0v) is 11.7. The van der Waals surface area contributed by atoms with Gasteiger partial charge in [0, 0.05) is 11.7 Å². The molecule has 0 radical (unpaired) electrons. The van der Waals surface area contributed by atoms with Gasteiger partial charge in [0.25, 0.3) is 0 Å². The molecule has 0 aliphatic carbocycles. The molecule has 0 aliphatic rings. The number of hydrogen-bond acceptors (Lipinski definition) is 3. The summed E-state index contributed by atoms with van der Waals surface area (Å²) in [6.45, 7) is 8.58. The summed E-state index contributed by atoms with van der Waals surface area (Å²) in [7, 11) is 0. The molecule has 0 amide bonds. The van der Waals surface area contributed by atoms with Crippen LogP contribution in [-0.2, 0) is 9.53 Å². The number of carbonyl (C=O) groups excluding carboxylic acids is 1. The van der Waals surface area contributed by atoms with E-state index in [1.165, 1.54) is 5.56 Å². The molecule has 1 rings (SSSR count). The van der Waals surface area contributed by atoms with Crippen molar-refractivity contribution in [3.63, 3.8) is 0 Å². The van der Waals surface area contributed by atoms with E-state index in [9.17, 15) is 4.79 Å². The molecule has 0 fully saturated rings. The maximum absolute atomic E-state index is 11.4. The van der Waals surface area contributed by atoms with Crippen molar-refractivity contribution in [1.29, 1.82) is 0 Å². The number of carbonyl (C=O) groups is 1. The third kappa shape index (κ3) is 4.40. The molecule has 1 aromatic carbocycles. The summed E-state index contributed by atoms with van der Waals surface area (Å²) in [6, 6.07) is 8.28. The molecule has 0 aliphatic heterocycles. The highest BCUT2D eigenvalue weighted by Gasteiger charge is 2.12. The number of rotatable bonds is 6. The minimum atomic E-state index is -0.153. The summed E-state index contributed by atoms with van der Waals surface area (Å²) >= 11 is 0. The lowest BCUT2D eigenvalue weighted by molar-refractivity contribution is -0.143. The van der Waals surface area contributed by atoms with Crippen molar-refractivity contribution in [3.8, 4) is 0 Å². The average Bonchev–Trinajstić information content (AvgIpc) is 2.29. The predicted octanol–water partition coefficient (Wildman–Crippen LogP) is 3.56. The molecule has 0 heterocycles. The molecule has 100 valence electrons. The molecule has 1 unspecified atom stereocenters. The summed E-state index contributed by atoms with van der Waals surface area (Å²) in [5.41, 5.74) is 2.37. The molecule has 0 aromatic heterocycles. The number of ether oxygens (including phenoxy) is 1. The molecule has 3 heteroatoms. The minimum Gasteiger partial charge on any atom is -0.466 e. The molecular formula is C15H23NO2. The smallest absolute Gasteiger partial charge is 0.307 e. The van der Waals surface area contributed by atoms with Crippen LogP contribution in [0, 0.1) is 0 Å². The SMILES string of the molecule is CCOC(=O)CC(C)Nc1ccccc1C(C)C. The maximum Gasteiger partial charge on any atom is 0.307 e. The summed E-state index contributed by atoms with van der Waals surface area (Å²) in [6.07, 6.45) is 0.389. The minimum absolute atomic E-state index is 0.0731. The fraction of sp³-hybridized carbons (Fsp3) is 0.533. The van der Waals surface area contributed by atoms with Crippen LogP contribution in [0.3, 0.4) is 0 Å². The Morgan fingerprint density at radius 1 is 1.28 bits per heavy atom. The quantitative estimate of drug-likeness (QED) is 0.783. The molecule has 3 nitrogen and oxygen atoms in total. The lowest BCUT2D eigenvalue weighted by atomic mass is 10.0. The van der Waals surface area contributed by atoms with Crippen LogP contribution in [0.2, 0.25) is 0 Å². The van der Waals surface area contributed by atoms with E-state index < -0.39 is 0 Å². The fourth-order valence-corrected chi connectivity index (χ4v) is 1.92. The first-order valence-electron chi connectivity index (χ1n) is 6.55. The van der Waals surface area contributed by atoms with Gasteiger partial charge in [0.1, 0.15) is 0 Å². The molecule has 1 aromatic rings. The van der Waals surface area contributed by atoms with Crippen molar-refractivity contribution >= 4 is 11.7 Å². The van der Waals surface area contributed by atoms with Crippen LogP contribution in [-0.4, -0.2) is 18.6 Å². The first kappa shape index (κ1) is 14.6. The number of hydrogen-bond donors (Lipinski definition) is 1. The average molecular weight is 249 g/mol. The monoisotopic (exact) mass is 249 g/mol. The number of anilines is 1. The number of nitrogens with one attached hydrogen (secondary N) is 1. The lowest BCUT2D eigenvalue weighted by Crippen LogP contribution is -2.21. The Hall–Kier alpha value is -1.51. The molecule has 18 heavy (non-hydrogen) atoms. The normalized spacial score (nSPS) is 12.3. The van der Waals surface area contributed by atoms with Gasteiger partial charge in [-0.05, 0) is 31.4 Å². The molecule has 0 saturated carbocycles. The van der Waals surface area contributed by atoms with Crippen molar-refractivity contribution in [3.05, 3.63) is 29.8 Å². The highest BCUT2D eigenvalue weighted by Crippen LogP contribution is 2.24. The van der Waals surface area contributed by atoms with Gasteiger partial charge in [-0.25, -0.2) is 0 Å². The third-order valence-electron chi connectivity index (χ3n) is 2.76. The van der Waals surface area contributed by atoms with Gasteiger partial charge in [0.15, 0.2) is 0 Å². The Morgan fingerprint density at radius 3 is 2.56 bits per heavy atom. The van der Waals surface area contributed by atoms with E-state index in [1.54, 1.807) is 0 Å². The van der Waals surface area contributed by atoms with Crippen LogP contribution in [0.25, 0.3) is 0 Å². The maximum atomic E-state index is 11.4. The Labute approximate surface area is 110 Å². The van der Waals surface area contributed by atoms with E-state index in [0.29, 0.717) is 18.9 Å². The van der Waals surface area contributed by atoms with Crippen LogP contribution in [0.5, 0.6) is 0 Å². The van der Waals surface area contributed by atoms with Crippen LogP contribution in [0.15, 0.2) is 24.3 Å².